The molecule has 47 valence electrons. The third-order valence-electron chi connectivity index (χ3n) is 1.22. The van der Waals surface area contributed by atoms with Gasteiger partial charge in [-0.25, -0.2) is 5.32 Å². The van der Waals surface area contributed by atoms with Crippen LogP contribution in [0.5, 0.6) is 0 Å². The zero-order valence-corrected chi connectivity index (χ0v) is 5.87. The Bertz CT molecular complexity index is 61.4. The van der Waals surface area contributed by atoms with E-state index in [2.05, 4.69) is 16.9 Å². The van der Waals surface area contributed by atoms with E-state index in [4.69, 9.17) is 0 Å². The number of piperazine rings is 1. The first kappa shape index (κ1) is 6.39. The third kappa shape index (κ3) is 1.65. The predicted octanol–water partition coefficient (Wildman–Crippen LogP) is -0.117. The van der Waals surface area contributed by atoms with Gasteiger partial charge in [0.1, 0.15) is 0 Å². The maximum absolute atomic E-state index is 4.25. The number of nitrogens with one attached hydrogen (secondary N) is 1. The van der Waals surface area contributed by atoms with Crippen molar-refractivity contribution in [2.45, 2.75) is 5.37 Å². The lowest BCUT2D eigenvalue weighted by atomic mass is 10.4. The van der Waals surface area contributed by atoms with Crippen molar-refractivity contribution in [1.82, 2.24) is 10.6 Å². The lowest BCUT2D eigenvalue weighted by Gasteiger charge is -2.20. The number of rotatable bonds is 1. The minimum Gasteiger partial charge on any atom is -0.303 e. The average Bonchev–Trinajstić information content (AvgIpc) is 1.90. The second kappa shape index (κ2) is 3.33. The minimum atomic E-state index is 0.587. The highest BCUT2D eigenvalue weighted by Crippen LogP contribution is 2.02. The maximum atomic E-state index is 4.25. The van der Waals surface area contributed by atoms with Crippen LogP contribution in [0.4, 0.5) is 0 Å². The highest BCUT2D eigenvalue weighted by Gasteiger charge is 2.09. The smallest absolute Gasteiger partial charge is 0.0673 e. The summed E-state index contributed by atoms with van der Waals surface area (Å²) in [6.45, 7) is 3.05. The molecule has 1 fully saturated rings. The Morgan fingerprint density at radius 3 is 3.00 bits per heavy atom. The fraction of sp³-hybridized carbons (Fsp3) is 1.00. The molecule has 1 aliphatic heterocycles. The van der Waals surface area contributed by atoms with E-state index in [9.17, 15) is 0 Å². The summed E-state index contributed by atoms with van der Waals surface area (Å²) in [6.07, 6.45) is 2.11. The van der Waals surface area contributed by atoms with E-state index in [0.29, 0.717) is 5.37 Å². The molecule has 1 saturated heterocycles. The highest BCUT2D eigenvalue weighted by molar-refractivity contribution is 7.99. The van der Waals surface area contributed by atoms with E-state index in [1.165, 1.54) is 0 Å². The van der Waals surface area contributed by atoms with Crippen molar-refractivity contribution in [3.05, 3.63) is 0 Å². The Morgan fingerprint density at radius 1 is 1.75 bits per heavy atom. The molecule has 0 aromatic heterocycles. The summed E-state index contributed by atoms with van der Waals surface area (Å²) in [5, 5.41) is 8.17. The number of hydrogen-bond acceptors (Lipinski definition) is 2. The van der Waals surface area contributed by atoms with Crippen molar-refractivity contribution in [3.8, 4) is 0 Å². The van der Waals surface area contributed by atoms with Crippen LogP contribution in [0.3, 0.4) is 0 Å². The molecule has 3 heteroatoms. The van der Waals surface area contributed by atoms with Crippen molar-refractivity contribution in [1.29, 1.82) is 0 Å². The molecule has 1 N–H and O–H groups in total. The molecular weight excluding hydrogens is 120 g/mol. The predicted molar refractivity (Wildman–Crippen MR) is 37.2 cm³/mol. The summed E-state index contributed by atoms with van der Waals surface area (Å²) in [4.78, 5) is 0. The lowest BCUT2D eigenvalue weighted by Crippen LogP contribution is -2.42. The maximum Gasteiger partial charge on any atom is 0.0673 e. The van der Waals surface area contributed by atoms with Gasteiger partial charge in [-0.3, -0.25) is 0 Å². The fourth-order valence-corrected chi connectivity index (χ4v) is 1.27. The second-order valence-corrected chi connectivity index (χ2v) is 2.85. The molecule has 1 aliphatic rings. The first-order chi connectivity index (χ1) is 3.93. The molecule has 0 aromatic rings. The molecule has 8 heavy (non-hydrogen) atoms. The molecule has 1 atom stereocenters. The third-order valence-corrected chi connectivity index (χ3v) is 2.11. The quantitative estimate of drug-likeness (QED) is 0.537. The monoisotopic (exact) mass is 131 g/mol. The summed E-state index contributed by atoms with van der Waals surface area (Å²) in [5.74, 6) is 0. The van der Waals surface area contributed by atoms with Crippen LogP contribution in [0.2, 0.25) is 0 Å². The molecule has 1 unspecified atom stereocenters. The molecule has 0 amide bonds. The van der Waals surface area contributed by atoms with Crippen molar-refractivity contribution < 1.29 is 0 Å². The zero-order chi connectivity index (χ0) is 5.82. The standard InChI is InChI=1S/C5H11N2S/c1-8-5-4-6-2-3-7-5/h5,7H,2-4H2,1H3. The summed E-state index contributed by atoms with van der Waals surface area (Å²) in [5.41, 5.74) is 0. The Morgan fingerprint density at radius 2 is 2.62 bits per heavy atom. The molecule has 1 heterocycles. The van der Waals surface area contributed by atoms with Gasteiger partial charge in [0.05, 0.1) is 5.37 Å². The van der Waals surface area contributed by atoms with Gasteiger partial charge in [0.2, 0.25) is 0 Å². The molecule has 0 aromatic carbocycles. The van der Waals surface area contributed by atoms with E-state index in [-0.39, 0.29) is 0 Å². The average molecular weight is 131 g/mol. The Balaban J connectivity index is 2.13. The Labute approximate surface area is 54.4 Å². The van der Waals surface area contributed by atoms with Gasteiger partial charge in [0.15, 0.2) is 0 Å². The second-order valence-electron chi connectivity index (χ2n) is 1.81. The van der Waals surface area contributed by atoms with Crippen LogP contribution in [-0.2, 0) is 0 Å². The summed E-state index contributed by atoms with van der Waals surface area (Å²) in [7, 11) is 0. The minimum absolute atomic E-state index is 0.587. The number of hydrogen-bond donors (Lipinski definition) is 1. The van der Waals surface area contributed by atoms with Crippen LogP contribution in [-0.4, -0.2) is 31.3 Å². The molecule has 1 rings (SSSR count). The van der Waals surface area contributed by atoms with Crippen LogP contribution in [0, 0.1) is 0 Å². The van der Waals surface area contributed by atoms with E-state index in [0.717, 1.165) is 19.6 Å². The van der Waals surface area contributed by atoms with Crippen molar-refractivity contribution >= 4 is 11.8 Å². The van der Waals surface area contributed by atoms with Gasteiger partial charge < -0.3 is 5.32 Å². The van der Waals surface area contributed by atoms with Gasteiger partial charge in [-0.1, -0.05) is 0 Å². The highest BCUT2D eigenvalue weighted by atomic mass is 32.2. The number of nitrogens with zero attached hydrogens (tertiary/aromatic N) is 1. The molecule has 0 aliphatic carbocycles. The van der Waals surface area contributed by atoms with Crippen LogP contribution >= 0.6 is 11.8 Å². The molecule has 0 saturated carbocycles. The Hall–Kier alpha value is 0.270. The van der Waals surface area contributed by atoms with Crippen molar-refractivity contribution in [2.24, 2.45) is 0 Å². The van der Waals surface area contributed by atoms with Crippen LogP contribution in [0.1, 0.15) is 0 Å². The first-order valence-corrected chi connectivity index (χ1v) is 4.11. The number of thioether (sulfide) groups is 1. The largest absolute Gasteiger partial charge is 0.303 e. The topological polar surface area (TPSA) is 26.1 Å². The van der Waals surface area contributed by atoms with E-state index < -0.39 is 0 Å². The summed E-state index contributed by atoms with van der Waals surface area (Å²) < 4.78 is 0. The fourth-order valence-electron chi connectivity index (χ4n) is 0.736. The van der Waals surface area contributed by atoms with Crippen molar-refractivity contribution in [3.63, 3.8) is 0 Å². The molecule has 2 nitrogen and oxygen atoms in total. The van der Waals surface area contributed by atoms with Gasteiger partial charge in [-0.05, 0) is 6.26 Å². The van der Waals surface area contributed by atoms with E-state index in [1.807, 2.05) is 11.8 Å². The molecule has 0 spiro atoms. The summed E-state index contributed by atoms with van der Waals surface area (Å²) in [6, 6.07) is 0. The van der Waals surface area contributed by atoms with E-state index >= 15 is 0 Å². The van der Waals surface area contributed by atoms with Gasteiger partial charge in [-0.2, -0.15) is 0 Å². The normalized spacial score (nSPS) is 30.4. The molecule has 0 bridgehead atoms. The molecular formula is C5H11N2S. The summed E-state index contributed by atoms with van der Waals surface area (Å²) >= 11 is 1.84. The van der Waals surface area contributed by atoms with Gasteiger partial charge in [0.25, 0.3) is 0 Å². The Kier molecular flexibility index (Phi) is 2.66. The van der Waals surface area contributed by atoms with Gasteiger partial charge >= 0.3 is 0 Å². The zero-order valence-electron chi connectivity index (χ0n) is 5.05. The lowest BCUT2D eigenvalue weighted by molar-refractivity contribution is 0.500. The van der Waals surface area contributed by atoms with Gasteiger partial charge in [-0.15, -0.1) is 11.8 Å². The van der Waals surface area contributed by atoms with Crippen LogP contribution < -0.4 is 10.6 Å². The van der Waals surface area contributed by atoms with Crippen LogP contribution in [0.25, 0.3) is 0 Å². The SMILES string of the molecule is CSC1C[N]CCN1. The first-order valence-electron chi connectivity index (χ1n) is 2.83. The van der Waals surface area contributed by atoms with Crippen LogP contribution in [0.15, 0.2) is 0 Å². The van der Waals surface area contributed by atoms with E-state index in [1.54, 1.807) is 0 Å². The van der Waals surface area contributed by atoms with Crippen molar-refractivity contribution in [2.75, 3.05) is 25.9 Å². The van der Waals surface area contributed by atoms with Gasteiger partial charge in [0, 0.05) is 19.6 Å². The molecule has 1 radical (unpaired) electrons.